The number of carbonyl (C=O) groups excluding carboxylic acids is 1. The van der Waals surface area contributed by atoms with Crippen LogP contribution >= 0.6 is 39.1 Å². The lowest BCUT2D eigenvalue weighted by Crippen LogP contribution is -2.24. The molecule has 0 saturated heterocycles. The third-order valence-corrected chi connectivity index (χ3v) is 6.29. The second-order valence-corrected chi connectivity index (χ2v) is 8.01. The lowest BCUT2D eigenvalue weighted by Gasteiger charge is -2.13. The minimum absolute atomic E-state index is 0.0710. The molecule has 1 aromatic heterocycles. The van der Waals surface area contributed by atoms with E-state index in [0.29, 0.717) is 27.0 Å². The number of hydrogen-bond acceptors (Lipinski definition) is 4. The van der Waals surface area contributed by atoms with Crippen LogP contribution in [0.1, 0.15) is 22.9 Å². The van der Waals surface area contributed by atoms with Gasteiger partial charge in [0, 0.05) is 17.4 Å². The third kappa shape index (κ3) is 3.40. The third-order valence-electron chi connectivity index (χ3n) is 4.63. The summed E-state index contributed by atoms with van der Waals surface area (Å²) in [5.41, 5.74) is 1.48. The Morgan fingerprint density at radius 3 is 2.67 bits per heavy atom. The minimum atomic E-state index is -1.25. The van der Waals surface area contributed by atoms with Crippen LogP contribution in [0.15, 0.2) is 44.6 Å². The molecule has 1 unspecified atom stereocenters. The molecule has 2 heterocycles. The highest BCUT2D eigenvalue weighted by molar-refractivity contribution is 9.10. The molecule has 152 valence electrons. The van der Waals surface area contributed by atoms with Gasteiger partial charge in [-0.2, -0.15) is 0 Å². The molecule has 1 aliphatic heterocycles. The van der Waals surface area contributed by atoms with Gasteiger partial charge in [-0.15, -0.1) is 0 Å². The number of carbonyl (C=O) groups is 1. The molecule has 0 saturated carbocycles. The SMILES string of the molecule is O=CC(c1ccc(Cl)c(F)c1)n1c(O)c(/C=C2\C=Nc3c2ccc(Cl)c3Br)[nH]c1=O. The molecule has 0 bridgehead atoms. The van der Waals surface area contributed by atoms with Crippen molar-refractivity contribution in [2.24, 2.45) is 4.99 Å². The number of nitrogens with zero attached hydrogens (tertiary/aromatic N) is 2. The second-order valence-electron chi connectivity index (χ2n) is 6.41. The zero-order valence-corrected chi connectivity index (χ0v) is 18.0. The van der Waals surface area contributed by atoms with E-state index in [1.165, 1.54) is 18.2 Å². The number of aromatic hydroxyl groups is 1. The molecule has 2 aromatic carbocycles. The highest BCUT2D eigenvalue weighted by Gasteiger charge is 2.24. The van der Waals surface area contributed by atoms with E-state index in [1.807, 2.05) is 0 Å². The molecule has 2 N–H and O–H groups in total. The predicted octanol–water partition coefficient (Wildman–Crippen LogP) is 5.14. The number of benzene rings is 2. The van der Waals surface area contributed by atoms with Crippen LogP contribution in [0, 0.1) is 5.82 Å². The zero-order valence-electron chi connectivity index (χ0n) is 14.9. The van der Waals surface area contributed by atoms with E-state index in [1.54, 1.807) is 18.3 Å². The summed E-state index contributed by atoms with van der Waals surface area (Å²) in [5, 5.41) is 11.0. The molecular formula is C20H11BrCl2FN3O3. The van der Waals surface area contributed by atoms with Gasteiger partial charge < -0.3 is 14.9 Å². The van der Waals surface area contributed by atoms with Gasteiger partial charge in [-0.1, -0.05) is 35.3 Å². The standard InChI is InChI=1S/C20H11BrCl2FN3O3/c21-17-13(23)4-2-11-10(7-25-18(11)17)6-15-19(29)27(20(30)26-15)16(8-28)9-1-3-12(22)14(24)5-9/h1-8,16,29H,(H,26,30)/b10-6+. The lowest BCUT2D eigenvalue weighted by atomic mass is 10.1. The predicted molar refractivity (Wildman–Crippen MR) is 118 cm³/mol. The van der Waals surface area contributed by atoms with Crippen LogP contribution in [0.3, 0.4) is 0 Å². The van der Waals surface area contributed by atoms with Crippen molar-refractivity contribution in [3.05, 3.63) is 78.0 Å². The van der Waals surface area contributed by atoms with E-state index < -0.39 is 23.4 Å². The van der Waals surface area contributed by atoms with Crippen molar-refractivity contribution in [3.8, 4) is 5.88 Å². The Morgan fingerprint density at radius 1 is 1.23 bits per heavy atom. The number of aliphatic imine (C=N–C) groups is 1. The van der Waals surface area contributed by atoms with Crippen LogP contribution in [0.25, 0.3) is 11.6 Å². The number of imidazole rings is 1. The second kappa shape index (κ2) is 7.86. The van der Waals surface area contributed by atoms with Crippen molar-refractivity contribution in [2.45, 2.75) is 6.04 Å². The fourth-order valence-corrected chi connectivity index (χ4v) is 3.89. The first-order valence-electron chi connectivity index (χ1n) is 8.49. The Bertz CT molecular complexity index is 1310. The molecule has 4 rings (SSSR count). The fraction of sp³-hybridized carbons (Fsp3) is 0.0500. The average Bonchev–Trinajstić information content (AvgIpc) is 3.24. The van der Waals surface area contributed by atoms with Crippen molar-refractivity contribution in [2.75, 3.05) is 0 Å². The van der Waals surface area contributed by atoms with Crippen molar-refractivity contribution in [1.82, 2.24) is 9.55 Å². The zero-order chi connectivity index (χ0) is 21.6. The van der Waals surface area contributed by atoms with E-state index in [4.69, 9.17) is 23.2 Å². The van der Waals surface area contributed by atoms with Crippen LogP contribution in [-0.2, 0) is 4.79 Å². The smallest absolute Gasteiger partial charge is 0.329 e. The molecular weight excluding hydrogens is 500 g/mol. The molecule has 30 heavy (non-hydrogen) atoms. The molecule has 10 heteroatoms. The molecule has 1 aliphatic rings. The molecule has 3 aromatic rings. The van der Waals surface area contributed by atoms with Crippen molar-refractivity contribution < 1.29 is 14.3 Å². The normalized spacial score (nSPS) is 14.9. The van der Waals surface area contributed by atoms with E-state index in [-0.39, 0.29) is 16.3 Å². The van der Waals surface area contributed by atoms with Crippen molar-refractivity contribution in [1.29, 1.82) is 0 Å². The molecule has 0 aliphatic carbocycles. The Labute approximate surface area is 187 Å². The maximum atomic E-state index is 13.8. The topological polar surface area (TPSA) is 87.4 Å². The van der Waals surface area contributed by atoms with E-state index in [0.717, 1.165) is 16.2 Å². The summed E-state index contributed by atoms with van der Waals surface area (Å²) in [6, 6.07) is 5.93. The van der Waals surface area contributed by atoms with Crippen molar-refractivity contribution in [3.63, 3.8) is 0 Å². The fourth-order valence-electron chi connectivity index (χ4n) is 3.17. The van der Waals surface area contributed by atoms with Gasteiger partial charge >= 0.3 is 5.69 Å². The van der Waals surface area contributed by atoms with Gasteiger partial charge in [0.2, 0.25) is 5.88 Å². The number of allylic oxidation sites excluding steroid dienone is 1. The Hall–Kier alpha value is -2.68. The van der Waals surface area contributed by atoms with Gasteiger partial charge in [0.1, 0.15) is 23.8 Å². The molecule has 1 atom stereocenters. The maximum Gasteiger partial charge on any atom is 0.329 e. The number of halogens is 4. The van der Waals surface area contributed by atoms with Gasteiger partial charge in [-0.25, -0.2) is 13.8 Å². The summed E-state index contributed by atoms with van der Waals surface area (Å²) < 4.78 is 15.3. The number of nitrogens with one attached hydrogen (secondary N) is 1. The van der Waals surface area contributed by atoms with E-state index >= 15 is 0 Å². The van der Waals surface area contributed by atoms with Gasteiger partial charge in [-0.05, 0) is 45.8 Å². The Balaban J connectivity index is 1.79. The van der Waals surface area contributed by atoms with Crippen LogP contribution < -0.4 is 5.69 Å². The quantitative estimate of drug-likeness (QED) is 0.476. The largest absolute Gasteiger partial charge is 0.493 e. The highest BCUT2D eigenvalue weighted by Crippen LogP contribution is 2.42. The van der Waals surface area contributed by atoms with Crippen LogP contribution in [0.4, 0.5) is 10.1 Å². The van der Waals surface area contributed by atoms with E-state index in [2.05, 4.69) is 25.9 Å². The summed E-state index contributed by atoms with van der Waals surface area (Å²) in [6.07, 6.45) is 3.51. The monoisotopic (exact) mass is 509 g/mol. The minimum Gasteiger partial charge on any atom is -0.493 e. The van der Waals surface area contributed by atoms with Crippen LogP contribution in [-0.4, -0.2) is 27.2 Å². The number of fused-ring (bicyclic) bond motifs is 1. The number of aromatic nitrogens is 2. The van der Waals surface area contributed by atoms with Gasteiger partial charge in [-0.3, -0.25) is 4.99 Å². The van der Waals surface area contributed by atoms with Gasteiger partial charge in [0.25, 0.3) is 0 Å². The number of aromatic amines is 1. The number of aldehydes is 1. The van der Waals surface area contributed by atoms with Gasteiger partial charge in [0.05, 0.1) is 20.2 Å². The Morgan fingerprint density at radius 2 is 1.97 bits per heavy atom. The maximum absolute atomic E-state index is 13.8. The number of rotatable bonds is 4. The molecule has 0 fully saturated rings. The number of hydrogen-bond donors (Lipinski definition) is 2. The van der Waals surface area contributed by atoms with Gasteiger partial charge in [0.15, 0.2) is 0 Å². The summed E-state index contributed by atoms with van der Waals surface area (Å²) in [5.74, 6) is -1.22. The average molecular weight is 511 g/mol. The molecule has 0 spiro atoms. The summed E-state index contributed by atoms with van der Waals surface area (Å²) in [4.78, 5) is 31.0. The molecule has 0 radical (unpaired) electrons. The number of H-pyrrole nitrogens is 1. The Kier molecular flexibility index (Phi) is 5.40. The highest BCUT2D eigenvalue weighted by atomic mass is 79.9. The summed E-state index contributed by atoms with van der Waals surface area (Å²) in [6.45, 7) is 0. The first-order valence-corrected chi connectivity index (χ1v) is 10.0. The lowest BCUT2D eigenvalue weighted by molar-refractivity contribution is -0.109. The molecule has 0 amide bonds. The van der Waals surface area contributed by atoms with Crippen molar-refractivity contribution >= 4 is 69.0 Å². The van der Waals surface area contributed by atoms with Crippen LogP contribution in [0.2, 0.25) is 10.0 Å². The summed E-state index contributed by atoms with van der Waals surface area (Å²) >= 11 is 15.1. The molecule has 6 nitrogen and oxygen atoms in total. The van der Waals surface area contributed by atoms with E-state index in [9.17, 15) is 19.1 Å². The van der Waals surface area contributed by atoms with Crippen LogP contribution in [0.5, 0.6) is 5.88 Å². The summed E-state index contributed by atoms with van der Waals surface area (Å²) in [7, 11) is 0. The first kappa shape index (κ1) is 20.6. The first-order chi connectivity index (χ1) is 14.3.